The van der Waals surface area contributed by atoms with Gasteiger partial charge in [-0.1, -0.05) is 24.3 Å². The molecule has 1 amide bonds. The molecular formula is C20H24N2O2. The first-order valence-corrected chi connectivity index (χ1v) is 8.64. The molecule has 1 aliphatic carbocycles. The maximum atomic E-state index is 12.3. The normalized spacial score (nSPS) is 13.0. The second-order valence-corrected chi connectivity index (χ2v) is 5.98. The molecule has 0 atom stereocenters. The van der Waals surface area contributed by atoms with E-state index in [4.69, 9.17) is 4.74 Å². The van der Waals surface area contributed by atoms with Crippen LogP contribution >= 0.6 is 0 Å². The van der Waals surface area contributed by atoms with Crippen LogP contribution in [0.4, 0.5) is 11.4 Å². The fraction of sp³-hybridized carbons (Fsp3) is 0.350. The van der Waals surface area contributed by atoms with E-state index in [-0.39, 0.29) is 12.5 Å². The highest BCUT2D eigenvalue weighted by Crippen LogP contribution is 2.28. The number of carbonyl (C=O) groups is 1. The van der Waals surface area contributed by atoms with Crippen molar-refractivity contribution < 1.29 is 9.53 Å². The minimum absolute atomic E-state index is 0.0736. The number of aryl methyl sites for hydroxylation is 1. The highest BCUT2D eigenvalue weighted by molar-refractivity contribution is 5.95. The number of amides is 1. The first-order chi connectivity index (χ1) is 11.8. The molecule has 4 heteroatoms. The zero-order chi connectivity index (χ0) is 16.8. The van der Waals surface area contributed by atoms with Crippen molar-refractivity contribution in [1.82, 2.24) is 0 Å². The van der Waals surface area contributed by atoms with Gasteiger partial charge >= 0.3 is 0 Å². The van der Waals surface area contributed by atoms with Crippen molar-refractivity contribution >= 4 is 17.3 Å². The number of nitrogens with one attached hydrogen (secondary N) is 2. The number of carbonyl (C=O) groups excluding carboxylic acids is 1. The van der Waals surface area contributed by atoms with E-state index in [9.17, 15) is 4.79 Å². The molecule has 2 aromatic rings. The molecule has 0 spiro atoms. The monoisotopic (exact) mass is 324 g/mol. The van der Waals surface area contributed by atoms with Crippen LogP contribution in [-0.4, -0.2) is 19.1 Å². The lowest BCUT2D eigenvalue weighted by atomic mass is 9.90. The third kappa shape index (κ3) is 3.88. The lowest BCUT2D eigenvalue weighted by Gasteiger charge is -2.20. The summed E-state index contributed by atoms with van der Waals surface area (Å²) in [5, 5.41) is 6.21. The Bertz CT molecular complexity index is 713. The summed E-state index contributed by atoms with van der Waals surface area (Å²) in [4.78, 5) is 12.3. The quantitative estimate of drug-likeness (QED) is 0.844. The van der Waals surface area contributed by atoms with E-state index in [1.165, 1.54) is 24.0 Å². The van der Waals surface area contributed by atoms with Crippen LogP contribution in [-0.2, 0) is 17.6 Å². The minimum Gasteiger partial charge on any atom is -0.492 e. The van der Waals surface area contributed by atoms with E-state index in [0.29, 0.717) is 18.0 Å². The molecule has 2 N–H and O–H groups in total. The number of para-hydroxylation sites is 2. The van der Waals surface area contributed by atoms with Gasteiger partial charge in [-0.3, -0.25) is 4.79 Å². The predicted molar refractivity (Wildman–Crippen MR) is 97.8 cm³/mol. The largest absolute Gasteiger partial charge is 0.492 e. The Morgan fingerprint density at radius 1 is 1.04 bits per heavy atom. The van der Waals surface area contributed by atoms with E-state index in [1.54, 1.807) is 0 Å². The van der Waals surface area contributed by atoms with Crippen LogP contribution in [0.3, 0.4) is 0 Å². The Morgan fingerprint density at radius 2 is 1.83 bits per heavy atom. The summed E-state index contributed by atoms with van der Waals surface area (Å²) in [6, 6.07) is 13.8. The fourth-order valence-corrected chi connectivity index (χ4v) is 3.17. The molecule has 0 saturated carbocycles. The number of ether oxygens (including phenoxy) is 1. The zero-order valence-corrected chi connectivity index (χ0v) is 14.1. The number of hydrogen-bond acceptors (Lipinski definition) is 3. The van der Waals surface area contributed by atoms with Gasteiger partial charge in [0.2, 0.25) is 5.91 Å². The summed E-state index contributed by atoms with van der Waals surface area (Å²) < 4.78 is 5.54. The summed E-state index contributed by atoms with van der Waals surface area (Å²) in [5.41, 5.74) is 4.57. The Labute approximate surface area is 143 Å². The van der Waals surface area contributed by atoms with E-state index >= 15 is 0 Å². The van der Waals surface area contributed by atoms with Crippen LogP contribution in [0.5, 0.6) is 5.75 Å². The Morgan fingerprint density at radius 3 is 2.71 bits per heavy atom. The lowest BCUT2D eigenvalue weighted by molar-refractivity contribution is -0.114. The third-order valence-electron chi connectivity index (χ3n) is 4.30. The lowest BCUT2D eigenvalue weighted by Crippen LogP contribution is -2.23. The van der Waals surface area contributed by atoms with Crippen LogP contribution in [0.15, 0.2) is 42.5 Å². The first kappa shape index (κ1) is 16.4. The topological polar surface area (TPSA) is 50.4 Å². The molecule has 0 saturated heterocycles. The van der Waals surface area contributed by atoms with Crippen molar-refractivity contribution in [3.63, 3.8) is 0 Å². The van der Waals surface area contributed by atoms with Gasteiger partial charge in [-0.05, 0) is 61.9 Å². The molecule has 0 fully saturated rings. The molecule has 0 aromatic heterocycles. The summed E-state index contributed by atoms with van der Waals surface area (Å²) in [7, 11) is 0. The molecule has 3 rings (SSSR count). The van der Waals surface area contributed by atoms with Crippen molar-refractivity contribution in [2.45, 2.75) is 32.6 Å². The van der Waals surface area contributed by atoms with Crippen LogP contribution in [0.25, 0.3) is 0 Å². The van der Waals surface area contributed by atoms with Crippen molar-refractivity contribution in [2.24, 2.45) is 0 Å². The van der Waals surface area contributed by atoms with E-state index in [2.05, 4.69) is 28.8 Å². The van der Waals surface area contributed by atoms with Crippen LogP contribution < -0.4 is 15.4 Å². The van der Waals surface area contributed by atoms with Crippen molar-refractivity contribution in [2.75, 3.05) is 23.8 Å². The molecule has 0 bridgehead atoms. The standard InChI is InChI=1S/C20H24N2O2/c1-2-24-19-13-6-5-11-18(19)22-20(23)14-21-17-12-7-9-15-8-3-4-10-16(15)17/h5-7,9,11-13,21H,2-4,8,10,14H2,1H3,(H,22,23). The molecule has 24 heavy (non-hydrogen) atoms. The highest BCUT2D eigenvalue weighted by atomic mass is 16.5. The van der Waals surface area contributed by atoms with Crippen molar-refractivity contribution in [3.05, 3.63) is 53.6 Å². The van der Waals surface area contributed by atoms with Crippen LogP contribution in [0.2, 0.25) is 0 Å². The van der Waals surface area contributed by atoms with Crippen molar-refractivity contribution in [3.8, 4) is 5.75 Å². The van der Waals surface area contributed by atoms with Gasteiger partial charge in [0, 0.05) is 5.69 Å². The third-order valence-corrected chi connectivity index (χ3v) is 4.30. The van der Waals surface area contributed by atoms with Gasteiger partial charge < -0.3 is 15.4 Å². The number of fused-ring (bicyclic) bond motifs is 1. The van der Waals surface area contributed by atoms with Gasteiger partial charge in [-0.15, -0.1) is 0 Å². The molecule has 4 nitrogen and oxygen atoms in total. The van der Waals surface area contributed by atoms with E-state index < -0.39 is 0 Å². The average Bonchev–Trinajstić information content (AvgIpc) is 2.62. The van der Waals surface area contributed by atoms with Crippen LogP contribution in [0, 0.1) is 0 Å². The Balaban J connectivity index is 1.63. The molecule has 0 radical (unpaired) electrons. The number of benzene rings is 2. The van der Waals surface area contributed by atoms with Gasteiger partial charge in [0.15, 0.2) is 0 Å². The molecule has 0 aliphatic heterocycles. The molecule has 0 unspecified atom stereocenters. The second-order valence-electron chi connectivity index (χ2n) is 5.98. The molecule has 0 heterocycles. The second kappa shape index (κ2) is 7.86. The van der Waals surface area contributed by atoms with E-state index in [1.807, 2.05) is 31.2 Å². The highest BCUT2D eigenvalue weighted by Gasteiger charge is 2.13. The van der Waals surface area contributed by atoms with Gasteiger partial charge in [0.1, 0.15) is 5.75 Å². The fourth-order valence-electron chi connectivity index (χ4n) is 3.17. The summed E-state index contributed by atoms with van der Waals surface area (Å²) in [5.74, 6) is 0.626. The van der Waals surface area contributed by atoms with Gasteiger partial charge in [0.05, 0.1) is 18.8 Å². The summed E-state index contributed by atoms with van der Waals surface area (Å²) in [6.07, 6.45) is 4.71. The molecular weight excluding hydrogens is 300 g/mol. The maximum Gasteiger partial charge on any atom is 0.243 e. The van der Waals surface area contributed by atoms with Gasteiger partial charge in [-0.2, -0.15) is 0 Å². The Hall–Kier alpha value is -2.49. The first-order valence-electron chi connectivity index (χ1n) is 8.64. The van der Waals surface area contributed by atoms with Crippen molar-refractivity contribution in [1.29, 1.82) is 0 Å². The number of hydrogen-bond donors (Lipinski definition) is 2. The maximum absolute atomic E-state index is 12.3. The smallest absolute Gasteiger partial charge is 0.243 e. The average molecular weight is 324 g/mol. The van der Waals surface area contributed by atoms with Gasteiger partial charge in [-0.25, -0.2) is 0 Å². The van der Waals surface area contributed by atoms with E-state index in [0.717, 1.165) is 18.5 Å². The molecule has 126 valence electrons. The number of anilines is 2. The zero-order valence-electron chi connectivity index (χ0n) is 14.1. The molecule has 1 aliphatic rings. The SMILES string of the molecule is CCOc1ccccc1NC(=O)CNc1cccc2c1CCCC2. The molecule has 2 aromatic carbocycles. The Kier molecular flexibility index (Phi) is 5.36. The van der Waals surface area contributed by atoms with Gasteiger partial charge in [0.25, 0.3) is 0 Å². The minimum atomic E-state index is -0.0736. The summed E-state index contributed by atoms with van der Waals surface area (Å²) in [6.45, 7) is 2.75. The number of rotatable bonds is 6. The van der Waals surface area contributed by atoms with Crippen LogP contribution in [0.1, 0.15) is 30.9 Å². The predicted octanol–water partition coefficient (Wildman–Crippen LogP) is 4.01. The summed E-state index contributed by atoms with van der Waals surface area (Å²) >= 11 is 0.